The summed E-state index contributed by atoms with van der Waals surface area (Å²) in [5.74, 6) is 0.679. The van der Waals surface area contributed by atoms with Crippen molar-refractivity contribution >= 4 is 15.9 Å². The van der Waals surface area contributed by atoms with Gasteiger partial charge in [-0.3, -0.25) is 0 Å². The molecule has 1 fully saturated rings. The van der Waals surface area contributed by atoms with Gasteiger partial charge >= 0.3 is 0 Å². The summed E-state index contributed by atoms with van der Waals surface area (Å²) >= 11 is 3.64. The lowest BCUT2D eigenvalue weighted by molar-refractivity contribution is 0.180. The van der Waals surface area contributed by atoms with E-state index >= 15 is 0 Å². The van der Waals surface area contributed by atoms with Crippen LogP contribution in [0.3, 0.4) is 0 Å². The third-order valence-corrected chi connectivity index (χ3v) is 5.19. The molecule has 0 aromatic heterocycles. The van der Waals surface area contributed by atoms with Gasteiger partial charge in [0.2, 0.25) is 0 Å². The Balaban J connectivity index is 2.05. The van der Waals surface area contributed by atoms with Crippen molar-refractivity contribution in [2.45, 2.75) is 46.0 Å². The zero-order valence-electron chi connectivity index (χ0n) is 11.5. The largest absolute Gasteiger partial charge is 0.0996 e. The molecule has 1 heteroatoms. The molecule has 1 aromatic carbocycles. The lowest BCUT2D eigenvalue weighted by Crippen LogP contribution is -2.29. The van der Waals surface area contributed by atoms with Crippen LogP contribution in [0.1, 0.15) is 45.1 Å². The molecule has 0 N–H and O–H groups in total. The van der Waals surface area contributed by atoms with Gasteiger partial charge in [-0.1, -0.05) is 60.1 Å². The van der Waals surface area contributed by atoms with Gasteiger partial charge in [0.1, 0.15) is 0 Å². The van der Waals surface area contributed by atoms with Gasteiger partial charge in [0.15, 0.2) is 0 Å². The van der Waals surface area contributed by atoms with Crippen LogP contribution < -0.4 is 0 Å². The van der Waals surface area contributed by atoms with Gasteiger partial charge in [-0.05, 0) is 55.1 Å². The Morgan fingerprint density at radius 2 is 2.06 bits per heavy atom. The molecule has 1 aliphatic carbocycles. The molecule has 0 bridgehead atoms. The van der Waals surface area contributed by atoms with Crippen LogP contribution in [0.5, 0.6) is 0 Å². The number of hydrogen-bond acceptors (Lipinski definition) is 0. The predicted octanol–water partition coefficient (Wildman–Crippen LogP) is 5.76. The Kier molecular flexibility index (Phi) is 4.32. The molecule has 0 radical (unpaired) electrons. The van der Waals surface area contributed by atoms with E-state index in [4.69, 9.17) is 0 Å². The summed E-state index contributed by atoms with van der Waals surface area (Å²) < 4.78 is 1.24. The maximum absolute atomic E-state index is 4.31. The summed E-state index contributed by atoms with van der Waals surface area (Å²) in [4.78, 5) is 0. The van der Waals surface area contributed by atoms with Crippen molar-refractivity contribution in [3.05, 3.63) is 46.5 Å². The van der Waals surface area contributed by atoms with Crippen LogP contribution in [-0.2, 0) is 6.42 Å². The molecule has 1 atom stereocenters. The standard InChI is InChI=1S/C17H23Br/c1-13-7-6-12-17(2,3)15(13)11-10-14-8-4-5-9-16(14)18/h4-5,8-9,15H,1,6-7,10-12H2,2-3H3. The van der Waals surface area contributed by atoms with E-state index in [9.17, 15) is 0 Å². The molecular weight excluding hydrogens is 284 g/mol. The van der Waals surface area contributed by atoms with Gasteiger partial charge in [-0.25, -0.2) is 0 Å². The number of hydrogen-bond donors (Lipinski definition) is 0. The maximum atomic E-state index is 4.31. The van der Waals surface area contributed by atoms with Crippen LogP contribution in [0.2, 0.25) is 0 Å². The van der Waals surface area contributed by atoms with E-state index in [-0.39, 0.29) is 0 Å². The summed E-state index contributed by atoms with van der Waals surface area (Å²) in [6.07, 6.45) is 6.26. The SMILES string of the molecule is C=C1CCCC(C)(C)C1CCc1ccccc1Br. The maximum Gasteiger partial charge on any atom is 0.0207 e. The summed E-state index contributed by atoms with van der Waals surface area (Å²) in [6.45, 7) is 9.12. The van der Waals surface area contributed by atoms with E-state index in [1.165, 1.54) is 41.3 Å². The third-order valence-electron chi connectivity index (χ3n) is 4.42. The number of benzene rings is 1. The van der Waals surface area contributed by atoms with Gasteiger partial charge in [-0.15, -0.1) is 0 Å². The lowest BCUT2D eigenvalue weighted by Gasteiger charge is -2.40. The van der Waals surface area contributed by atoms with Crippen LogP contribution in [0.25, 0.3) is 0 Å². The Labute approximate surface area is 120 Å². The van der Waals surface area contributed by atoms with Crippen molar-refractivity contribution in [1.82, 2.24) is 0 Å². The van der Waals surface area contributed by atoms with Crippen molar-refractivity contribution in [1.29, 1.82) is 0 Å². The number of allylic oxidation sites excluding steroid dienone is 1. The van der Waals surface area contributed by atoms with Crippen LogP contribution in [0.4, 0.5) is 0 Å². The highest BCUT2D eigenvalue weighted by molar-refractivity contribution is 9.10. The molecule has 0 aliphatic heterocycles. The van der Waals surface area contributed by atoms with Crippen molar-refractivity contribution in [2.75, 3.05) is 0 Å². The minimum Gasteiger partial charge on any atom is -0.0996 e. The molecule has 18 heavy (non-hydrogen) atoms. The Hall–Kier alpha value is -0.560. The number of rotatable bonds is 3. The molecular formula is C17H23Br. The van der Waals surface area contributed by atoms with Crippen molar-refractivity contribution in [3.63, 3.8) is 0 Å². The van der Waals surface area contributed by atoms with Crippen molar-refractivity contribution in [3.8, 4) is 0 Å². The molecule has 1 unspecified atom stereocenters. The highest BCUT2D eigenvalue weighted by atomic mass is 79.9. The molecule has 0 heterocycles. The summed E-state index contributed by atoms with van der Waals surface area (Å²) in [6, 6.07) is 8.57. The molecule has 0 amide bonds. The fourth-order valence-corrected chi connectivity index (χ4v) is 3.75. The molecule has 98 valence electrons. The molecule has 1 saturated carbocycles. The van der Waals surface area contributed by atoms with Gasteiger partial charge < -0.3 is 0 Å². The highest BCUT2D eigenvalue weighted by Crippen LogP contribution is 2.45. The van der Waals surface area contributed by atoms with Gasteiger partial charge in [-0.2, -0.15) is 0 Å². The fraction of sp³-hybridized carbons (Fsp3) is 0.529. The second-order valence-electron chi connectivity index (χ2n) is 6.18. The number of aryl methyl sites for hydroxylation is 1. The lowest BCUT2D eigenvalue weighted by atomic mass is 9.65. The van der Waals surface area contributed by atoms with Gasteiger partial charge in [0.25, 0.3) is 0 Å². The molecule has 1 aromatic rings. The molecule has 0 nitrogen and oxygen atoms in total. The van der Waals surface area contributed by atoms with Crippen LogP contribution in [0, 0.1) is 11.3 Å². The second kappa shape index (κ2) is 5.61. The van der Waals surface area contributed by atoms with Gasteiger partial charge in [0, 0.05) is 4.47 Å². The monoisotopic (exact) mass is 306 g/mol. The van der Waals surface area contributed by atoms with Crippen molar-refractivity contribution < 1.29 is 0 Å². The van der Waals surface area contributed by atoms with Crippen LogP contribution in [-0.4, -0.2) is 0 Å². The quantitative estimate of drug-likeness (QED) is 0.622. The van der Waals surface area contributed by atoms with Crippen LogP contribution in [0.15, 0.2) is 40.9 Å². The van der Waals surface area contributed by atoms with E-state index in [0.29, 0.717) is 11.3 Å². The Morgan fingerprint density at radius 3 is 2.72 bits per heavy atom. The Morgan fingerprint density at radius 1 is 1.33 bits per heavy atom. The topological polar surface area (TPSA) is 0 Å². The first-order valence-electron chi connectivity index (χ1n) is 6.92. The van der Waals surface area contributed by atoms with E-state index in [1.807, 2.05) is 0 Å². The molecule has 1 aliphatic rings. The normalized spacial score (nSPS) is 23.1. The summed E-state index contributed by atoms with van der Waals surface area (Å²) in [7, 11) is 0. The zero-order valence-corrected chi connectivity index (χ0v) is 13.1. The first kappa shape index (κ1) is 13.9. The Bertz CT molecular complexity index is 431. The fourth-order valence-electron chi connectivity index (χ4n) is 3.27. The predicted molar refractivity (Wildman–Crippen MR) is 82.7 cm³/mol. The number of halogens is 1. The minimum atomic E-state index is 0.427. The van der Waals surface area contributed by atoms with E-state index in [1.54, 1.807) is 0 Å². The average molecular weight is 307 g/mol. The third kappa shape index (κ3) is 3.06. The smallest absolute Gasteiger partial charge is 0.0207 e. The molecule has 2 rings (SSSR count). The highest BCUT2D eigenvalue weighted by Gasteiger charge is 2.33. The van der Waals surface area contributed by atoms with E-state index in [0.717, 1.165) is 6.42 Å². The first-order chi connectivity index (χ1) is 8.50. The van der Waals surface area contributed by atoms with Crippen molar-refractivity contribution in [2.24, 2.45) is 11.3 Å². The zero-order chi connectivity index (χ0) is 13.2. The summed E-state index contributed by atoms with van der Waals surface area (Å²) in [5, 5.41) is 0. The molecule has 0 saturated heterocycles. The minimum absolute atomic E-state index is 0.427. The van der Waals surface area contributed by atoms with E-state index < -0.39 is 0 Å². The molecule has 0 spiro atoms. The van der Waals surface area contributed by atoms with Crippen LogP contribution >= 0.6 is 15.9 Å². The average Bonchev–Trinajstić information content (AvgIpc) is 2.30. The second-order valence-corrected chi connectivity index (χ2v) is 7.04. The van der Waals surface area contributed by atoms with Gasteiger partial charge in [0.05, 0.1) is 0 Å². The first-order valence-corrected chi connectivity index (χ1v) is 7.71. The van der Waals surface area contributed by atoms with E-state index in [2.05, 4.69) is 60.6 Å². The summed E-state index contributed by atoms with van der Waals surface area (Å²) in [5.41, 5.74) is 3.32.